The number of benzene rings is 1. The molecule has 106 valence electrons. The number of fused-ring (bicyclic) bond motifs is 1. The summed E-state index contributed by atoms with van der Waals surface area (Å²) in [5.74, 6) is -0.395. The summed E-state index contributed by atoms with van der Waals surface area (Å²) in [7, 11) is 0. The number of likely N-dealkylation sites (tertiary alicyclic amines) is 1. The van der Waals surface area contributed by atoms with Crippen molar-refractivity contribution >= 4 is 17.5 Å². The Bertz CT molecular complexity index is 570. The lowest BCUT2D eigenvalue weighted by Gasteiger charge is -2.26. The Balaban J connectivity index is 1.83. The van der Waals surface area contributed by atoms with Gasteiger partial charge in [0.2, 0.25) is 0 Å². The maximum atomic E-state index is 12.4. The maximum Gasteiger partial charge on any atom is 0.261 e. The highest BCUT2D eigenvalue weighted by molar-refractivity contribution is 6.21. The number of nitrogens with zero attached hydrogens (tertiary/aromatic N) is 2. The van der Waals surface area contributed by atoms with Gasteiger partial charge in [-0.25, -0.2) is 0 Å². The van der Waals surface area contributed by atoms with Crippen molar-refractivity contribution in [2.24, 2.45) is 0 Å². The number of rotatable bonds is 3. The quantitative estimate of drug-likeness (QED) is 0.667. The minimum absolute atomic E-state index is 0.187. The molecule has 2 N–H and O–H groups in total. The standard InChI is InChI=1S/C15H19N3O2/c1-2-17-7-3-4-11(17)9-18-14(19)12-6-5-10(16)8-13(12)15(18)20/h5-6,8,11H,2-4,7,9,16H2,1H3. The van der Waals surface area contributed by atoms with Crippen LogP contribution in [0.5, 0.6) is 0 Å². The molecule has 0 saturated carbocycles. The number of imide groups is 1. The summed E-state index contributed by atoms with van der Waals surface area (Å²) in [6.45, 7) is 4.61. The highest BCUT2D eigenvalue weighted by atomic mass is 16.2. The number of likely N-dealkylation sites (N-methyl/N-ethyl adjacent to an activating group) is 1. The smallest absolute Gasteiger partial charge is 0.261 e. The van der Waals surface area contributed by atoms with Gasteiger partial charge in [0.1, 0.15) is 0 Å². The average Bonchev–Trinajstić information content (AvgIpc) is 2.98. The summed E-state index contributed by atoms with van der Waals surface area (Å²) >= 11 is 0. The third kappa shape index (κ3) is 1.98. The largest absolute Gasteiger partial charge is 0.399 e. The van der Waals surface area contributed by atoms with Crippen LogP contribution in [0.4, 0.5) is 5.69 Å². The van der Waals surface area contributed by atoms with Crippen LogP contribution in [0.25, 0.3) is 0 Å². The van der Waals surface area contributed by atoms with E-state index >= 15 is 0 Å². The number of amides is 2. The third-order valence-corrected chi connectivity index (χ3v) is 4.29. The number of anilines is 1. The lowest BCUT2D eigenvalue weighted by molar-refractivity contribution is 0.0611. The molecule has 5 nitrogen and oxygen atoms in total. The molecule has 20 heavy (non-hydrogen) atoms. The second kappa shape index (κ2) is 4.90. The Hall–Kier alpha value is -1.88. The van der Waals surface area contributed by atoms with E-state index in [0.717, 1.165) is 25.9 Å². The van der Waals surface area contributed by atoms with Crippen molar-refractivity contribution in [3.8, 4) is 0 Å². The fourth-order valence-corrected chi connectivity index (χ4v) is 3.20. The average molecular weight is 273 g/mol. The van der Waals surface area contributed by atoms with E-state index in [1.807, 2.05) is 0 Å². The van der Waals surface area contributed by atoms with E-state index in [0.29, 0.717) is 29.4 Å². The molecule has 1 aromatic rings. The molecule has 1 saturated heterocycles. The number of hydrogen-bond acceptors (Lipinski definition) is 4. The van der Waals surface area contributed by atoms with Gasteiger partial charge >= 0.3 is 0 Å². The van der Waals surface area contributed by atoms with Gasteiger partial charge < -0.3 is 5.73 Å². The minimum atomic E-state index is -0.208. The van der Waals surface area contributed by atoms with Gasteiger partial charge in [-0.3, -0.25) is 19.4 Å². The van der Waals surface area contributed by atoms with Crippen LogP contribution in [0.3, 0.4) is 0 Å². The fourth-order valence-electron chi connectivity index (χ4n) is 3.20. The van der Waals surface area contributed by atoms with Gasteiger partial charge in [0.15, 0.2) is 0 Å². The van der Waals surface area contributed by atoms with Crippen molar-refractivity contribution in [2.45, 2.75) is 25.8 Å². The monoisotopic (exact) mass is 273 g/mol. The van der Waals surface area contributed by atoms with E-state index < -0.39 is 0 Å². The van der Waals surface area contributed by atoms with Crippen molar-refractivity contribution in [1.82, 2.24) is 9.80 Å². The summed E-state index contributed by atoms with van der Waals surface area (Å²) in [5.41, 5.74) is 7.14. The van der Waals surface area contributed by atoms with E-state index in [4.69, 9.17) is 5.73 Å². The number of nitrogens with two attached hydrogens (primary N) is 1. The molecule has 1 aromatic carbocycles. The molecular formula is C15H19N3O2. The SMILES string of the molecule is CCN1CCCC1CN1C(=O)c2ccc(N)cc2C1=O. The molecule has 1 atom stereocenters. The van der Waals surface area contributed by atoms with E-state index in [-0.39, 0.29) is 11.8 Å². The predicted molar refractivity (Wildman–Crippen MR) is 76.5 cm³/mol. The zero-order valence-corrected chi connectivity index (χ0v) is 11.6. The van der Waals surface area contributed by atoms with Crippen molar-refractivity contribution < 1.29 is 9.59 Å². The van der Waals surface area contributed by atoms with Gasteiger partial charge in [-0.2, -0.15) is 0 Å². The Morgan fingerprint density at radius 2 is 2.00 bits per heavy atom. The Labute approximate surface area is 118 Å². The van der Waals surface area contributed by atoms with Crippen LogP contribution in [-0.4, -0.2) is 47.3 Å². The van der Waals surface area contributed by atoms with Crippen LogP contribution < -0.4 is 5.73 Å². The van der Waals surface area contributed by atoms with Crippen LogP contribution in [0.2, 0.25) is 0 Å². The number of carbonyl (C=O) groups excluding carboxylic acids is 2. The molecule has 0 spiro atoms. The van der Waals surface area contributed by atoms with Crippen LogP contribution >= 0.6 is 0 Å². The highest BCUT2D eigenvalue weighted by Crippen LogP contribution is 2.27. The molecule has 2 amide bonds. The first-order valence-corrected chi connectivity index (χ1v) is 7.11. The van der Waals surface area contributed by atoms with Crippen LogP contribution in [0.15, 0.2) is 18.2 Å². The van der Waals surface area contributed by atoms with Gasteiger partial charge in [0.05, 0.1) is 11.1 Å². The zero-order valence-electron chi connectivity index (χ0n) is 11.6. The highest BCUT2D eigenvalue weighted by Gasteiger charge is 2.38. The summed E-state index contributed by atoms with van der Waals surface area (Å²) < 4.78 is 0. The van der Waals surface area contributed by atoms with Crippen LogP contribution in [0, 0.1) is 0 Å². The van der Waals surface area contributed by atoms with Gasteiger partial charge in [0, 0.05) is 18.3 Å². The first-order chi connectivity index (χ1) is 9.61. The molecule has 2 aliphatic rings. The second-order valence-corrected chi connectivity index (χ2v) is 5.45. The number of nitrogen functional groups attached to an aromatic ring is 1. The van der Waals surface area contributed by atoms with Crippen molar-refractivity contribution in [3.05, 3.63) is 29.3 Å². The lowest BCUT2D eigenvalue weighted by atomic mass is 10.1. The number of hydrogen-bond donors (Lipinski definition) is 1. The van der Waals surface area contributed by atoms with Crippen molar-refractivity contribution in [2.75, 3.05) is 25.4 Å². The summed E-state index contributed by atoms with van der Waals surface area (Å²) in [4.78, 5) is 28.4. The Morgan fingerprint density at radius 3 is 2.75 bits per heavy atom. The molecule has 2 heterocycles. The Morgan fingerprint density at radius 1 is 1.25 bits per heavy atom. The summed E-state index contributed by atoms with van der Waals surface area (Å²) in [6.07, 6.45) is 2.18. The number of carbonyl (C=O) groups is 2. The molecule has 1 unspecified atom stereocenters. The Kier molecular flexibility index (Phi) is 3.22. The van der Waals surface area contributed by atoms with Gasteiger partial charge in [-0.05, 0) is 44.1 Å². The summed E-state index contributed by atoms with van der Waals surface area (Å²) in [5, 5.41) is 0. The topological polar surface area (TPSA) is 66.6 Å². The van der Waals surface area contributed by atoms with Gasteiger partial charge in [-0.15, -0.1) is 0 Å². The second-order valence-electron chi connectivity index (χ2n) is 5.45. The van der Waals surface area contributed by atoms with Gasteiger partial charge in [0.25, 0.3) is 11.8 Å². The van der Waals surface area contributed by atoms with E-state index in [1.54, 1.807) is 18.2 Å². The first kappa shape index (κ1) is 13.1. The molecule has 3 rings (SSSR count). The normalized spacial score (nSPS) is 22.6. The molecule has 5 heteroatoms. The van der Waals surface area contributed by atoms with Gasteiger partial charge in [-0.1, -0.05) is 6.92 Å². The molecule has 0 radical (unpaired) electrons. The molecule has 0 aromatic heterocycles. The predicted octanol–water partition coefficient (Wildman–Crippen LogP) is 1.35. The van der Waals surface area contributed by atoms with Crippen molar-refractivity contribution in [1.29, 1.82) is 0 Å². The first-order valence-electron chi connectivity index (χ1n) is 7.11. The van der Waals surface area contributed by atoms with E-state index in [2.05, 4.69) is 11.8 Å². The van der Waals surface area contributed by atoms with Crippen molar-refractivity contribution in [3.63, 3.8) is 0 Å². The zero-order chi connectivity index (χ0) is 14.3. The molecular weight excluding hydrogens is 254 g/mol. The van der Waals surface area contributed by atoms with E-state index in [1.165, 1.54) is 4.90 Å². The fraction of sp³-hybridized carbons (Fsp3) is 0.467. The third-order valence-electron chi connectivity index (χ3n) is 4.29. The lowest BCUT2D eigenvalue weighted by Crippen LogP contribution is -2.42. The van der Waals surface area contributed by atoms with Crippen LogP contribution in [-0.2, 0) is 0 Å². The maximum absolute atomic E-state index is 12.4. The van der Waals surface area contributed by atoms with E-state index in [9.17, 15) is 9.59 Å². The molecule has 0 bridgehead atoms. The molecule has 1 fully saturated rings. The minimum Gasteiger partial charge on any atom is -0.399 e. The summed E-state index contributed by atoms with van der Waals surface area (Å²) in [6, 6.07) is 5.21. The van der Waals surface area contributed by atoms with Crippen LogP contribution in [0.1, 0.15) is 40.5 Å². The molecule has 2 aliphatic heterocycles. The molecule has 0 aliphatic carbocycles.